The number of carbonyl (C=O) groups is 2. The average molecular weight is 631 g/mol. The molecule has 0 radical (unpaired) electrons. The molecule has 2 unspecified atom stereocenters. The molecule has 2 aromatic carbocycles. The second-order valence-electron chi connectivity index (χ2n) is 12.1. The zero-order chi connectivity index (χ0) is 32.1. The lowest BCUT2D eigenvalue weighted by atomic mass is 10.0. The van der Waals surface area contributed by atoms with Crippen molar-refractivity contribution < 1.29 is 32.7 Å². The molecule has 3 amide bonds. The number of carbonyl (C=O) groups excluding carboxylic acids is 2. The molecule has 3 aromatic rings. The zero-order valence-electron chi connectivity index (χ0n) is 25.7. The molecule has 44 heavy (non-hydrogen) atoms. The van der Waals surface area contributed by atoms with Gasteiger partial charge in [-0.25, -0.2) is 23.0 Å². The van der Waals surface area contributed by atoms with Crippen LogP contribution in [0.2, 0.25) is 0 Å². The molecule has 0 saturated heterocycles. The number of ether oxygens (including phenoxy) is 1. The summed E-state index contributed by atoms with van der Waals surface area (Å²) >= 11 is 0. The fourth-order valence-electron chi connectivity index (χ4n) is 4.79. The summed E-state index contributed by atoms with van der Waals surface area (Å²) in [4.78, 5) is 39.3. The van der Waals surface area contributed by atoms with Crippen molar-refractivity contribution in [3.8, 4) is 0 Å². The van der Waals surface area contributed by atoms with Gasteiger partial charge in [0.25, 0.3) is 10.0 Å². The number of amides is 3. The van der Waals surface area contributed by atoms with Crippen LogP contribution in [0.3, 0.4) is 0 Å². The molecule has 2 atom stereocenters. The molecule has 1 fully saturated rings. The van der Waals surface area contributed by atoms with Crippen molar-refractivity contribution in [2.75, 3.05) is 26.0 Å². The third-order valence-electron chi connectivity index (χ3n) is 7.02. The van der Waals surface area contributed by atoms with Gasteiger partial charge in [0.2, 0.25) is 5.95 Å². The molecule has 4 rings (SSSR count). The van der Waals surface area contributed by atoms with Crippen LogP contribution in [0.15, 0.2) is 53.4 Å². The van der Waals surface area contributed by atoms with E-state index in [4.69, 9.17) is 9.57 Å². The number of hydrogen-bond acceptors (Lipinski definition) is 8. The standard InChI is InChI=1S/C30H42N6O7S/c1-30(2,3)42-29(39)33-25(17-20-11-7-6-8-12-20)26(37)19-36(43-21-13-9-10-14-21)44(40,41)22-15-16-23-24(18-22)32-27(31-23)34-28(38)35(4)5/h6-8,11-12,15-16,18,21,25-26,37H,9-10,13-14,17,19H2,1-5H3,(H,33,39)(H2,31,32,34,38). The summed E-state index contributed by atoms with van der Waals surface area (Å²) in [5.41, 5.74) is 0.898. The summed E-state index contributed by atoms with van der Waals surface area (Å²) in [5.74, 6) is 0.166. The monoisotopic (exact) mass is 630 g/mol. The van der Waals surface area contributed by atoms with Crippen LogP contribution in [0.25, 0.3) is 11.0 Å². The first-order chi connectivity index (χ1) is 20.7. The predicted molar refractivity (Wildman–Crippen MR) is 165 cm³/mol. The van der Waals surface area contributed by atoms with Crippen LogP contribution in [0.4, 0.5) is 15.5 Å². The largest absolute Gasteiger partial charge is 0.444 e. The number of imidazole rings is 1. The van der Waals surface area contributed by atoms with Crippen molar-refractivity contribution in [3.63, 3.8) is 0 Å². The minimum atomic E-state index is -4.30. The van der Waals surface area contributed by atoms with Gasteiger partial charge in [0.1, 0.15) is 5.60 Å². The van der Waals surface area contributed by atoms with Gasteiger partial charge in [0, 0.05) is 14.1 Å². The van der Waals surface area contributed by atoms with Crippen LogP contribution >= 0.6 is 0 Å². The summed E-state index contributed by atoms with van der Waals surface area (Å²) in [5, 5.41) is 16.8. The summed E-state index contributed by atoms with van der Waals surface area (Å²) in [7, 11) is -1.13. The quantitative estimate of drug-likeness (QED) is 0.231. The first kappa shape index (κ1) is 33.2. The normalized spacial score (nSPS) is 15.7. The smallest absolute Gasteiger partial charge is 0.407 e. The number of fused-ring (bicyclic) bond motifs is 1. The van der Waals surface area contributed by atoms with Crippen molar-refractivity contribution in [1.29, 1.82) is 0 Å². The van der Waals surface area contributed by atoms with Crippen LogP contribution in [0.1, 0.15) is 52.0 Å². The van der Waals surface area contributed by atoms with Crippen LogP contribution in [-0.2, 0) is 26.0 Å². The van der Waals surface area contributed by atoms with Crippen molar-refractivity contribution >= 4 is 39.1 Å². The highest BCUT2D eigenvalue weighted by atomic mass is 32.2. The van der Waals surface area contributed by atoms with Crippen molar-refractivity contribution in [2.45, 2.75) is 81.6 Å². The van der Waals surface area contributed by atoms with Gasteiger partial charge in [0.15, 0.2) is 0 Å². The fourth-order valence-corrected chi connectivity index (χ4v) is 6.11. The number of urea groups is 1. The van der Waals surface area contributed by atoms with Gasteiger partial charge in [-0.05, 0) is 63.8 Å². The minimum Gasteiger partial charge on any atom is -0.444 e. The van der Waals surface area contributed by atoms with Gasteiger partial charge in [-0.15, -0.1) is 0 Å². The number of benzene rings is 2. The second-order valence-corrected chi connectivity index (χ2v) is 13.9. The van der Waals surface area contributed by atoms with E-state index in [1.807, 2.05) is 30.3 Å². The Morgan fingerprint density at radius 2 is 1.80 bits per heavy atom. The van der Waals surface area contributed by atoms with E-state index in [1.54, 1.807) is 34.9 Å². The Bertz CT molecular complexity index is 1530. The van der Waals surface area contributed by atoms with Gasteiger partial charge in [0.05, 0.1) is 40.7 Å². The number of rotatable bonds is 11. The number of H-pyrrole nitrogens is 1. The van der Waals surface area contributed by atoms with E-state index in [2.05, 4.69) is 20.6 Å². The number of nitrogens with zero attached hydrogens (tertiary/aromatic N) is 3. The zero-order valence-corrected chi connectivity index (χ0v) is 26.6. The van der Waals surface area contributed by atoms with Gasteiger partial charge in [-0.2, -0.15) is 0 Å². The van der Waals surface area contributed by atoms with Gasteiger partial charge >= 0.3 is 12.1 Å². The Morgan fingerprint density at radius 3 is 2.43 bits per heavy atom. The van der Waals surface area contributed by atoms with E-state index in [1.165, 1.54) is 23.1 Å². The maximum Gasteiger partial charge on any atom is 0.407 e. The number of aliphatic hydroxyl groups excluding tert-OH is 1. The minimum absolute atomic E-state index is 0.0935. The number of aromatic amines is 1. The summed E-state index contributed by atoms with van der Waals surface area (Å²) in [6.07, 6.45) is 0.958. The SMILES string of the molecule is CN(C)C(=O)Nc1nc2ccc(S(=O)(=O)N(CC(O)C(Cc3ccccc3)NC(=O)OC(C)(C)C)OC3CCCC3)cc2[nH]1. The third-order valence-corrected chi connectivity index (χ3v) is 8.64. The number of anilines is 1. The molecule has 13 nitrogen and oxygen atoms in total. The van der Waals surface area contributed by atoms with E-state index >= 15 is 0 Å². The first-order valence-electron chi connectivity index (χ1n) is 14.6. The summed E-state index contributed by atoms with van der Waals surface area (Å²) in [6, 6.07) is 12.3. The molecule has 4 N–H and O–H groups in total. The molecule has 240 valence electrons. The molecule has 1 saturated carbocycles. The fraction of sp³-hybridized carbons (Fsp3) is 0.500. The third kappa shape index (κ3) is 8.91. The highest BCUT2D eigenvalue weighted by Gasteiger charge is 2.35. The number of alkyl carbamates (subject to hydrolysis) is 1. The van der Waals surface area contributed by atoms with Crippen LogP contribution in [0, 0.1) is 0 Å². The second kappa shape index (κ2) is 13.9. The van der Waals surface area contributed by atoms with Gasteiger partial charge in [-0.3, -0.25) is 10.2 Å². The lowest BCUT2D eigenvalue weighted by Gasteiger charge is -2.31. The Kier molecular flexibility index (Phi) is 10.5. The Labute approximate surface area is 257 Å². The number of hydrogen-bond donors (Lipinski definition) is 4. The number of sulfonamides is 1. The highest BCUT2D eigenvalue weighted by molar-refractivity contribution is 7.89. The molecule has 0 aliphatic heterocycles. The number of hydroxylamine groups is 1. The van der Waals surface area contributed by atoms with E-state index in [0.29, 0.717) is 23.9 Å². The van der Waals surface area contributed by atoms with Crippen LogP contribution in [0.5, 0.6) is 0 Å². The lowest BCUT2D eigenvalue weighted by Crippen LogP contribution is -2.51. The molecule has 1 aromatic heterocycles. The molecule has 0 spiro atoms. The Balaban J connectivity index is 1.61. The van der Waals surface area contributed by atoms with Crippen molar-refractivity contribution in [3.05, 3.63) is 54.1 Å². The first-order valence-corrected chi connectivity index (χ1v) is 16.0. The van der Waals surface area contributed by atoms with Crippen molar-refractivity contribution in [2.24, 2.45) is 0 Å². The number of nitrogens with one attached hydrogen (secondary N) is 3. The average Bonchev–Trinajstić information content (AvgIpc) is 3.60. The molecular weight excluding hydrogens is 588 g/mol. The summed E-state index contributed by atoms with van der Waals surface area (Å²) in [6.45, 7) is 4.75. The van der Waals surface area contributed by atoms with Gasteiger partial charge in [-0.1, -0.05) is 47.6 Å². The Morgan fingerprint density at radius 1 is 1.11 bits per heavy atom. The highest BCUT2D eigenvalue weighted by Crippen LogP contribution is 2.28. The maximum absolute atomic E-state index is 14.0. The molecule has 1 heterocycles. The Hall–Kier alpha value is -3.72. The maximum atomic E-state index is 14.0. The predicted octanol–water partition coefficient (Wildman–Crippen LogP) is 4.02. The summed E-state index contributed by atoms with van der Waals surface area (Å²) < 4.78 is 34.3. The molecular formula is C30H42N6O7S. The van der Waals surface area contributed by atoms with E-state index in [9.17, 15) is 23.1 Å². The van der Waals surface area contributed by atoms with E-state index in [0.717, 1.165) is 22.9 Å². The van der Waals surface area contributed by atoms with E-state index < -0.39 is 46.4 Å². The number of aliphatic hydroxyl groups is 1. The van der Waals surface area contributed by atoms with E-state index in [-0.39, 0.29) is 23.4 Å². The van der Waals surface area contributed by atoms with Crippen LogP contribution < -0.4 is 10.6 Å². The van der Waals surface area contributed by atoms with Crippen molar-refractivity contribution in [1.82, 2.24) is 24.7 Å². The number of aromatic nitrogens is 2. The molecule has 1 aliphatic rings. The lowest BCUT2D eigenvalue weighted by molar-refractivity contribution is -0.145. The molecule has 14 heteroatoms. The van der Waals surface area contributed by atoms with Gasteiger partial charge < -0.3 is 25.0 Å². The van der Waals surface area contributed by atoms with Crippen LogP contribution in [-0.4, -0.2) is 89.5 Å². The molecule has 1 aliphatic carbocycles. The topological polar surface area (TPSA) is 166 Å². The molecule has 0 bridgehead atoms.